The summed E-state index contributed by atoms with van der Waals surface area (Å²) in [4.78, 5) is 14.1. The van der Waals surface area contributed by atoms with Crippen LogP contribution in [0.4, 0.5) is 0 Å². The van der Waals surface area contributed by atoms with Gasteiger partial charge >= 0.3 is 0 Å². The first-order chi connectivity index (χ1) is 8.22. The Labute approximate surface area is 106 Å². The molecule has 0 atom stereocenters. The largest absolute Gasteiger partial charge is 0.335 e. The molecule has 0 saturated heterocycles. The van der Waals surface area contributed by atoms with Crippen LogP contribution in [0.1, 0.15) is 43.1 Å². The minimum atomic E-state index is -0.0384. The van der Waals surface area contributed by atoms with Gasteiger partial charge in [-0.2, -0.15) is 0 Å². The Kier molecular flexibility index (Phi) is 3.94. The SMILES string of the molecule is CCN(C(=O)c1ccc(Cl)nn1)C1CCCC1. The van der Waals surface area contributed by atoms with E-state index >= 15 is 0 Å². The van der Waals surface area contributed by atoms with Crippen LogP contribution in [0.15, 0.2) is 12.1 Å². The summed E-state index contributed by atoms with van der Waals surface area (Å²) in [6.07, 6.45) is 4.61. The number of aromatic nitrogens is 2. The van der Waals surface area contributed by atoms with Gasteiger partial charge in [-0.3, -0.25) is 4.79 Å². The van der Waals surface area contributed by atoms with Crippen LogP contribution in [0, 0.1) is 0 Å². The molecule has 0 bridgehead atoms. The van der Waals surface area contributed by atoms with Crippen LogP contribution in [0.25, 0.3) is 0 Å². The molecule has 0 N–H and O–H groups in total. The van der Waals surface area contributed by atoms with Crippen molar-refractivity contribution in [1.29, 1.82) is 0 Å². The van der Waals surface area contributed by atoms with E-state index in [-0.39, 0.29) is 5.91 Å². The minimum Gasteiger partial charge on any atom is -0.335 e. The number of hydrogen-bond acceptors (Lipinski definition) is 3. The number of carbonyl (C=O) groups is 1. The van der Waals surface area contributed by atoms with Crippen LogP contribution in [0.2, 0.25) is 5.15 Å². The second kappa shape index (κ2) is 5.45. The highest BCUT2D eigenvalue weighted by Crippen LogP contribution is 2.24. The lowest BCUT2D eigenvalue weighted by molar-refractivity contribution is 0.0686. The van der Waals surface area contributed by atoms with Gasteiger partial charge in [-0.25, -0.2) is 0 Å². The van der Waals surface area contributed by atoms with Gasteiger partial charge in [-0.05, 0) is 31.9 Å². The third-order valence-electron chi connectivity index (χ3n) is 3.22. The van der Waals surface area contributed by atoms with Crippen molar-refractivity contribution >= 4 is 17.5 Å². The van der Waals surface area contributed by atoms with Gasteiger partial charge in [-0.15, -0.1) is 10.2 Å². The third-order valence-corrected chi connectivity index (χ3v) is 3.42. The maximum atomic E-state index is 12.3. The molecular formula is C12H16ClN3O. The van der Waals surface area contributed by atoms with Crippen molar-refractivity contribution < 1.29 is 4.79 Å². The molecule has 0 unspecified atom stereocenters. The number of hydrogen-bond donors (Lipinski definition) is 0. The maximum Gasteiger partial charge on any atom is 0.274 e. The first kappa shape index (κ1) is 12.3. The predicted octanol–water partition coefficient (Wildman–Crippen LogP) is 2.53. The highest BCUT2D eigenvalue weighted by Gasteiger charge is 2.26. The van der Waals surface area contributed by atoms with Gasteiger partial charge in [0.15, 0.2) is 10.8 Å². The standard InChI is InChI=1S/C12H16ClN3O/c1-2-16(9-5-3-4-6-9)12(17)10-7-8-11(13)15-14-10/h7-9H,2-6H2,1H3. The Morgan fingerprint density at radius 2 is 2.12 bits per heavy atom. The van der Waals surface area contributed by atoms with Gasteiger partial charge in [0.2, 0.25) is 0 Å². The van der Waals surface area contributed by atoms with Gasteiger partial charge in [0, 0.05) is 12.6 Å². The molecular weight excluding hydrogens is 238 g/mol. The summed E-state index contributed by atoms with van der Waals surface area (Å²) in [6, 6.07) is 3.60. The average Bonchev–Trinajstić information content (AvgIpc) is 2.84. The number of halogens is 1. The lowest BCUT2D eigenvalue weighted by atomic mass is 10.2. The van der Waals surface area contributed by atoms with E-state index in [2.05, 4.69) is 10.2 Å². The maximum absolute atomic E-state index is 12.3. The lowest BCUT2D eigenvalue weighted by Crippen LogP contribution is -2.39. The summed E-state index contributed by atoms with van der Waals surface area (Å²) in [5.41, 5.74) is 0.378. The Morgan fingerprint density at radius 1 is 1.41 bits per heavy atom. The van der Waals surface area contributed by atoms with E-state index in [4.69, 9.17) is 11.6 Å². The fraction of sp³-hybridized carbons (Fsp3) is 0.583. The summed E-state index contributed by atoms with van der Waals surface area (Å²) in [7, 11) is 0. The summed E-state index contributed by atoms with van der Waals surface area (Å²) >= 11 is 5.66. The molecule has 1 saturated carbocycles. The molecule has 1 aromatic rings. The highest BCUT2D eigenvalue weighted by molar-refractivity contribution is 6.29. The van der Waals surface area contributed by atoms with Gasteiger partial charge in [0.25, 0.3) is 5.91 Å². The summed E-state index contributed by atoms with van der Waals surface area (Å²) in [6.45, 7) is 2.72. The zero-order valence-electron chi connectivity index (χ0n) is 9.90. The molecule has 1 amide bonds. The normalized spacial score (nSPS) is 16.1. The molecule has 17 heavy (non-hydrogen) atoms. The Morgan fingerprint density at radius 3 is 2.65 bits per heavy atom. The molecule has 1 fully saturated rings. The molecule has 0 spiro atoms. The molecule has 1 aliphatic carbocycles. The van der Waals surface area contributed by atoms with Crippen molar-refractivity contribution in [3.8, 4) is 0 Å². The number of rotatable bonds is 3. The second-order valence-electron chi connectivity index (χ2n) is 4.27. The molecule has 0 aromatic carbocycles. The van der Waals surface area contributed by atoms with Crippen molar-refractivity contribution in [2.45, 2.75) is 38.6 Å². The zero-order valence-corrected chi connectivity index (χ0v) is 10.7. The summed E-state index contributed by atoms with van der Waals surface area (Å²) in [5.74, 6) is -0.0384. The van der Waals surface area contributed by atoms with Crippen molar-refractivity contribution in [2.24, 2.45) is 0 Å². The Bertz CT molecular complexity index is 387. The molecule has 0 radical (unpaired) electrons. The molecule has 4 nitrogen and oxygen atoms in total. The van der Waals surface area contributed by atoms with Crippen molar-refractivity contribution in [1.82, 2.24) is 15.1 Å². The fourth-order valence-corrected chi connectivity index (χ4v) is 2.46. The van der Waals surface area contributed by atoms with Crippen LogP contribution in [-0.2, 0) is 0 Å². The van der Waals surface area contributed by atoms with Crippen LogP contribution >= 0.6 is 11.6 Å². The molecule has 2 rings (SSSR count). The summed E-state index contributed by atoms with van der Waals surface area (Å²) < 4.78 is 0. The predicted molar refractivity (Wildman–Crippen MR) is 66.0 cm³/mol. The van der Waals surface area contributed by atoms with E-state index in [9.17, 15) is 4.79 Å². The lowest BCUT2D eigenvalue weighted by Gasteiger charge is -2.27. The Hall–Kier alpha value is -1.16. The average molecular weight is 254 g/mol. The van der Waals surface area contributed by atoms with Gasteiger partial charge in [0.1, 0.15) is 0 Å². The molecule has 1 aliphatic rings. The number of amides is 1. The zero-order chi connectivity index (χ0) is 12.3. The van der Waals surface area contributed by atoms with Gasteiger partial charge < -0.3 is 4.90 Å². The topological polar surface area (TPSA) is 46.1 Å². The van der Waals surface area contributed by atoms with Gasteiger partial charge in [-0.1, -0.05) is 24.4 Å². The first-order valence-electron chi connectivity index (χ1n) is 6.02. The van der Waals surface area contributed by atoms with E-state index in [1.165, 1.54) is 12.8 Å². The van der Waals surface area contributed by atoms with Crippen LogP contribution in [-0.4, -0.2) is 33.6 Å². The number of nitrogens with zero attached hydrogens (tertiary/aromatic N) is 3. The van der Waals surface area contributed by atoms with Crippen LogP contribution in [0.5, 0.6) is 0 Å². The molecule has 5 heteroatoms. The highest BCUT2D eigenvalue weighted by atomic mass is 35.5. The van der Waals surface area contributed by atoms with E-state index in [0.29, 0.717) is 23.4 Å². The molecule has 92 valence electrons. The smallest absolute Gasteiger partial charge is 0.274 e. The Balaban J connectivity index is 2.13. The van der Waals surface area contributed by atoms with E-state index in [1.807, 2.05) is 11.8 Å². The number of carbonyl (C=O) groups excluding carboxylic acids is 1. The van der Waals surface area contributed by atoms with E-state index in [1.54, 1.807) is 12.1 Å². The van der Waals surface area contributed by atoms with Crippen molar-refractivity contribution in [3.63, 3.8) is 0 Å². The van der Waals surface area contributed by atoms with E-state index in [0.717, 1.165) is 12.8 Å². The monoisotopic (exact) mass is 253 g/mol. The first-order valence-corrected chi connectivity index (χ1v) is 6.40. The van der Waals surface area contributed by atoms with Crippen molar-refractivity contribution in [2.75, 3.05) is 6.54 Å². The summed E-state index contributed by atoms with van der Waals surface area (Å²) in [5, 5.41) is 7.87. The minimum absolute atomic E-state index is 0.0384. The third kappa shape index (κ3) is 2.75. The molecule has 1 aromatic heterocycles. The molecule has 0 aliphatic heterocycles. The quantitative estimate of drug-likeness (QED) is 0.832. The fourth-order valence-electron chi connectivity index (χ4n) is 2.36. The second-order valence-corrected chi connectivity index (χ2v) is 4.66. The van der Waals surface area contributed by atoms with E-state index < -0.39 is 0 Å². The van der Waals surface area contributed by atoms with Gasteiger partial charge in [0.05, 0.1) is 0 Å². The van der Waals surface area contributed by atoms with Crippen molar-refractivity contribution in [3.05, 3.63) is 23.0 Å². The molecule has 1 heterocycles. The van der Waals surface area contributed by atoms with Crippen LogP contribution in [0.3, 0.4) is 0 Å². The van der Waals surface area contributed by atoms with Crippen LogP contribution < -0.4 is 0 Å².